The molecule has 3 aliphatic heterocycles. The predicted octanol–water partition coefficient (Wildman–Crippen LogP) is 1.42. The molecular weight excluding hydrogens is 454 g/mol. The number of piperidine rings is 3. The molecule has 3 saturated heterocycles. The maximum atomic E-state index is 12.6. The van der Waals surface area contributed by atoms with E-state index >= 15 is 0 Å². The molecule has 0 bridgehead atoms. The molecule has 1 amide bonds. The standard InChI is InChI=1S/C23H35N3O3.2CH2O2/c27-21-8-13-26(18-23(21)9-5-10-24-22(23)28)17-19-6-4-7-20(16-19)29-15-14-25-11-2-1-3-12-25;2*2-1-3/h4,6-7,16,21,27H,1-3,5,8-15,17-18H2,(H,24,28);2*1H,(H,2,3)/t21-,23-;;/m1../s1. The first-order chi connectivity index (χ1) is 17.0. The quantitative estimate of drug-likeness (QED) is 0.433. The number of nitrogens with one attached hydrogen (secondary N) is 1. The minimum absolute atomic E-state index is 0.0238. The summed E-state index contributed by atoms with van der Waals surface area (Å²) in [6.45, 7) is 6.55. The number of benzene rings is 1. The van der Waals surface area contributed by atoms with E-state index in [2.05, 4.69) is 27.2 Å². The van der Waals surface area contributed by atoms with Crippen molar-refractivity contribution in [1.82, 2.24) is 15.1 Å². The van der Waals surface area contributed by atoms with E-state index in [0.29, 0.717) is 13.0 Å². The summed E-state index contributed by atoms with van der Waals surface area (Å²) < 4.78 is 6.02. The number of likely N-dealkylation sites (tertiary alicyclic amines) is 2. The lowest BCUT2D eigenvalue weighted by Crippen LogP contribution is -2.61. The molecule has 2 atom stereocenters. The summed E-state index contributed by atoms with van der Waals surface area (Å²) >= 11 is 0. The Morgan fingerprint density at radius 3 is 2.46 bits per heavy atom. The average Bonchev–Trinajstić information content (AvgIpc) is 2.85. The molecule has 1 spiro atoms. The third-order valence-corrected chi connectivity index (χ3v) is 6.83. The molecule has 3 heterocycles. The predicted molar refractivity (Wildman–Crippen MR) is 130 cm³/mol. The number of aliphatic hydroxyl groups is 1. The number of carbonyl (C=O) groups excluding carboxylic acids is 1. The first kappa shape index (κ1) is 28.5. The van der Waals surface area contributed by atoms with E-state index in [1.165, 1.54) is 37.9 Å². The normalized spacial score (nSPS) is 24.7. The molecule has 0 saturated carbocycles. The lowest BCUT2D eigenvalue weighted by atomic mass is 9.71. The van der Waals surface area contributed by atoms with Gasteiger partial charge in [0.2, 0.25) is 5.91 Å². The van der Waals surface area contributed by atoms with Crippen molar-refractivity contribution < 1.29 is 34.4 Å². The molecule has 196 valence electrons. The zero-order chi connectivity index (χ0) is 25.5. The third kappa shape index (κ3) is 8.79. The number of carbonyl (C=O) groups is 3. The van der Waals surface area contributed by atoms with E-state index < -0.39 is 11.5 Å². The molecule has 0 aromatic heterocycles. The summed E-state index contributed by atoms with van der Waals surface area (Å²) in [5.41, 5.74) is 0.558. The summed E-state index contributed by atoms with van der Waals surface area (Å²) in [6.07, 6.45) is 5.80. The van der Waals surface area contributed by atoms with Gasteiger partial charge in [-0.1, -0.05) is 18.6 Å². The van der Waals surface area contributed by atoms with Crippen molar-refractivity contribution in [3.63, 3.8) is 0 Å². The van der Waals surface area contributed by atoms with Crippen LogP contribution in [0.4, 0.5) is 0 Å². The second-order valence-electron chi connectivity index (χ2n) is 9.14. The number of amides is 1. The van der Waals surface area contributed by atoms with Crippen LogP contribution in [0.1, 0.15) is 44.1 Å². The van der Waals surface area contributed by atoms with Crippen molar-refractivity contribution in [3.8, 4) is 5.75 Å². The van der Waals surface area contributed by atoms with Gasteiger partial charge < -0.3 is 25.4 Å². The zero-order valence-corrected chi connectivity index (χ0v) is 20.3. The fourth-order valence-electron chi connectivity index (χ4n) is 5.13. The summed E-state index contributed by atoms with van der Waals surface area (Å²) in [5, 5.41) is 27.3. The summed E-state index contributed by atoms with van der Waals surface area (Å²) in [4.78, 5) is 34.1. The highest BCUT2D eigenvalue weighted by molar-refractivity contribution is 5.84. The molecule has 0 aliphatic carbocycles. The topological polar surface area (TPSA) is 140 Å². The van der Waals surface area contributed by atoms with E-state index in [4.69, 9.17) is 24.5 Å². The molecule has 1 aromatic carbocycles. The Morgan fingerprint density at radius 2 is 1.77 bits per heavy atom. The van der Waals surface area contributed by atoms with Gasteiger partial charge in [-0.2, -0.15) is 0 Å². The molecule has 3 fully saturated rings. The Kier molecular flexibility index (Phi) is 12.5. The molecule has 4 N–H and O–H groups in total. The summed E-state index contributed by atoms with van der Waals surface area (Å²) in [6, 6.07) is 8.31. The average molecular weight is 494 g/mol. The molecule has 3 aliphatic rings. The number of aliphatic hydroxyl groups excluding tert-OH is 1. The van der Waals surface area contributed by atoms with Crippen LogP contribution in [0.3, 0.4) is 0 Å². The first-order valence-electron chi connectivity index (χ1n) is 12.3. The number of carboxylic acid groups (broad SMARTS) is 2. The highest BCUT2D eigenvalue weighted by atomic mass is 16.5. The van der Waals surface area contributed by atoms with Crippen LogP contribution in [-0.4, -0.2) is 96.0 Å². The van der Waals surface area contributed by atoms with E-state index in [1.807, 2.05) is 12.1 Å². The van der Waals surface area contributed by atoms with Gasteiger partial charge in [0.15, 0.2) is 0 Å². The lowest BCUT2D eigenvalue weighted by molar-refractivity contribution is -0.149. The Hall–Kier alpha value is -2.69. The van der Waals surface area contributed by atoms with E-state index in [1.54, 1.807) is 0 Å². The van der Waals surface area contributed by atoms with Crippen LogP contribution in [0.5, 0.6) is 5.75 Å². The fourth-order valence-corrected chi connectivity index (χ4v) is 5.13. The molecule has 4 rings (SSSR count). The first-order valence-corrected chi connectivity index (χ1v) is 12.3. The molecule has 0 unspecified atom stereocenters. The summed E-state index contributed by atoms with van der Waals surface area (Å²) in [7, 11) is 0. The van der Waals surface area contributed by atoms with Crippen molar-refractivity contribution in [3.05, 3.63) is 29.8 Å². The second kappa shape index (κ2) is 15.3. The Bertz CT molecular complexity index is 782. The smallest absolute Gasteiger partial charge is 0.290 e. The maximum Gasteiger partial charge on any atom is 0.290 e. The number of ether oxygens (including phenoxy) is 1. The molecular formula is C25H39N3O7. The van der Waals surface area contributed by atoms with E-state index in [0.717, 1.165) is 51.4 Å². The van der Waals surface area contributed by atoms with Crippen LogP contribution in [0.15, 0.2) is 24.3 Å². The van der Waals surface area contributed by atoms with Gasteiger partial charge in [-0.05, 0) is 62.9 Å². The van der Waals surface area contributed by atoms with Crippen molar-refractivity contribution in [2.45, 2.75) is 51.2 Å². The van der Waals surface area contributed by atoms with Crippen molar-refractivity contribution in [1.29, 1.82) is 0 Å². The molecule has 35 heavy (non-hydrogen) atoms. The number of rotatable bonds is 6. The Labute approximate surface area is 206 Å². The fraction of sp³-hybridized carbons (Fsp3) is 0.640. The number of hydrogen-bond acceptors (Lipinski definition) is 7. The summed E-state index contributed by atoms with van der Waals surface area (Å²) in [5.74, 6) is 0.942. The second-order valence-corrected chi connectivity index (χ2v) is 9.14. The van der Waals surface area contributed by atoms with Gasteiger partial charge in [0.05, 0.1) is 11.5 Å². The van der Waals surface area contributed by atoms with Gasteiger partial charge in [-0.15, -0.1) is 0 Å². The van der Waals surface area contributed by atoms with E-state index in [9.17, 15) is 9.90 Å². The van der Waals surface area contributed by atoms with Crippen LogP contribution in [-0.2, 0) is 20.9 Å². The zero-order valence-electron chi connectivity index (χ0n) is 20.3. The van der Waals surface area contributed by atoms with Gasteiger partial charge in [-0.25, -0.2) is 0 Å². The van der Waals surface area contributed by atoms with E-state index in [-0.39, 0.29) is 18.9 Å². The number of nitrogens with zero attached hydrogens (tertiary/aromatic N) is 2. The lowest BCUT2D eigenvalue weighted by Gasteiger charge is -2.47. The minimum Gasteiger partial charge on any atom is -0.492 e. The van der Waals surface area contributed by atoms with Crippen LogP contribution >= 0.6 is 0 Å². The molecule has 0 radical (unpaired) electrons. The Balaban J connectivity index is 0.000000655. The minimum atomic E-state index is -0.640. The molecule has 1 aromatic rings. The van der Waals surface area contributed by atoms with Crippen molar-refractivity contribution >= 4 is 18.9 Å². The largest absolute Gasteiger partial charge is 0.492 e. The van der Waals surface area contributed by atoms with Crippen LogP contribution in [0.25, 0.3) is 0 Å². The van der Waals surface area contributed by atoms with Gasteiger partial charge in [0.25, 0.3) is 12.9 Å². The van der Waals surface area contributed by atoms with Crippen molar-refractivity contribution in [2.24, 2.45) is 5.41 Å². The van der Waals surface area contributed by atoms with Crippen LogP contribution in [0.2, 0.25) is 0 Å². The SMILES string of the molecule is O=C1NCCC[C@]12CN(Cc1cccc(OCCN3CCCCC3)c1)CC[C@H]2O.O=CO.O=CO. The highest BCUT2D eigenvalue weighted by Gasteiger charge is 2.49. The maximum absolute atomic E-state index is 12.6. The molecule has 10 heteroatoms. The van der Waals surface area contributed by atoms with Gasteiger partial charge in [-0.3, -0.25) is 24.2 Å². The monoisotopic (exact) mass is 493 g/mol. The van der Waals surface area contributed by atoms with Crippen molar-refractivity contribution in [2.75, 3.05) is 45.9 Å². The third-order valence-electron chi connectivity index (χ3n) is 6.83. The van der Waals surface area contributed by atoms with Gasteiger partial charge >= 0.3 is 0 Å². The number of hydrogen-bond donors (Lipinski definition) is 4. The Morgan fingerprint density at radius 1 is 1.06 bits per heavy atom. The van der Waals surface area contributed by atoms with Gasteiger partial charge in [0.1, 0.15) is 12.4 Å². The van der Waals surface area contributed by atoms with Gasteiger partial charge in [0, 0.05) is 32.7 Å². The van der Waals surface area contributed by atoms with Crippen LogP contribution in [0, 0.1) is 5.41 Å². The highest BCUT2D eigenvalue weighted by Crippen LogP contribution is 2.37. The molecule has 10 nitrogen and oxygen atoms in total. The van der Waals surface area contributed by atoms with Crippen LogP contribution < -0.4 is 10.1 Å².